The molecule has 136 valence electrons. The second-order valence-corrected chi connectivity index (χ2v) is 6.51. The lowest BCUT2D eigenvalue weighted by Gasteiger charge is -2.19. The van der Waals surface area contributed by atoms with Crippen LogP contribution in [0, 0.1) is 12.8 Å². The number of carbonyl (C=O) groups excluding carboxylic acids is 1. The van der Waals surface area contributed by atoms with Crippen LogP contribution >= 0.6 is 0 Å². The van der Waals surface area contributed by atoms with Gasteiger partial charge in [0.25, 0.3) is 5.91 Å². The maximum absolute atomic E-state index is 12.5. The molecule has 0 radical (unpaired) electrons. The van der Waals surface area contributed by atoms with Crippen molar-refractivity contribution in [3.63, 3.8) is 0 Å². The highest BCUT2D eigenvalue weighted by molar-refractivity contribution is 5.91. The molecule has 3 aromatic rings. The van der Waals surface area contributed by atoms with Gasteiger partial charge in [0.2, 0.25) is 11.2 Å². The Hall–Kier alpha value is -3.09. The molecule has 2 N–H and O–H groups in total. The first-order chi connectivity index (χ1) is 12.4. The van der Waals surface area contributed by atoms with Gasteiger partial charge >= 0.3 is 0 Å². The van der Waals surface area contributed by atoms with E-state index in [2.05, 4.69) is 15.3 Å². The number of ether oxygens (including phenoxy) is 1. The molecule has 7 nitrogen and oxygen atoms in total. The molecule has 7 heteroatoms. The zero-order valence-electron chi connectivity index (χ0n) is 15.1. The van der Waals surface area contributed by atoms with E-state index in [4.69, 9.17) is 9.15 Å². The van der Waals surface area contributed by atoms with Gasteiger partial charge in [-0.05, 0) is 30.5 Å². The van der Waals surface area contributed by atoms with E-state index in [9.17, 15) is 9.59 Å². The van der Waals surface area contributed by atoms with E-state index in [1.807, 2.05) is 39.0 Å². The number of imidazole rings is 1. The number of fused-ring (bicyclic) bond motifs is 1. The summed E-state index contributed by atoms with van der Waals surface area (Å²) < 4.78 is 10.1. The maximum Gasteiger partial charge on any atom is 0.287 e. The zero-order valence-corrected chi connectivity index (χ0v) is 15.1. The van der Waals surface area contributed by atoms with Crippen molar-refractivity contribution in [2.75, 3.05) is 7.11 Å². The topological polar surface area (TPSA) is 97.2 Å². The number of hydrogen-bond acceptors (Lipinski definition) is 5. The lowest BCUT2D eigenvalue weighted by Crippen LogP contribution is -2.33. The van der Waals surface area contributed by atoms with Crippen molar-refractivity contribution in [3.05, 3.63) is 57.9 Å². The van der Waals surface area contributed by atoms with E-state index in [0.717, 1.165) is 28.9 Å². The monoisotopic (exact) mass is 355 g/mol. The number of nitrogens with zero attached hydrogens (tertiary/aromatic N) is 1. The lowest BCUT2D eigenvalue weighted by molar-refractivity contribution is 0.0892. The normalized spacial score (nSPS) is 12.3. The number of methoxy groups -OCH3 is 1. The minimum absolute atomic E-state index is 0.0506. The molecule has 1 atom stereocenters. The molecule has 0 saturated heterocycles. The molecule has 0 aliphatic carbocycles. The number of nitrogens with one attached hydrogen (secondary N) is 2. The molecule has 2 aromatic heterocycles. The summed E-state index contributed by atoms with van der Waals surface area (Å²) in [6, 6.07) is 6.69. The van der Waals surface area contributed by atoms with Gasteiger partial charge in [-0.2, -0.15) is 0 Å². The smallest absolute Gasteiger partial charge is 0.287 e. The van der Waals surface area contributed by atoms with Gasteiger partial charge in [0.15, 0.2) is 5.76 Å². The van der Waals surface area contributed by atoms with Crippen LogP contribution in [0.4, 0.5) is 0 Å². The molecule has 2 heterocycles. The molecule has 0 aliphatic rings. The van der Waals surface area contributed by atoms with Crippen molar-refractivity contribution >= 4 is 16.9 Å². The van der Waals surface area contributed by atoms with E-state index < -0.39 is 11.3 Å². The first kappa shape index (κ1) is 17.7. The Morgan fingerprint density at radius 2 is 2.08 bits per heavy atom. The van der Waals surface area contributed by atoms with Crippen LogP contribution in [0.3, 0.4) is 0 Å². The second-order valence-electron chi connectivity index (χ2n) is 6.51. The van der Waals surface area contributed by atoms with Crippen LogP contribution in [0.15, 0.2) is 39.7 Å². The van der Waals surface area contributed by atoms with Crippen LogP contribution in [-0.2, 0) is 0 Å². The average Bonchev–Trinajstić information content (AvgIpc) is 3.01. The fraction of sp³-hybridized carbons (Fsp3) is 0.316. The van der Waals surface area contributed by atoms with Crippen LogP contribution in [0.25, 0.3) is 11.0 Å². The minimum atomic E-state index is -0.486. The number of aryl methyl sites for hydroxylation is 1. The predicted molar refractivity (Wildman–Crippen MR) is 97.4 cm³/mol. The van der Waals surface area contributed by atoms with Gasteiger partial charge in [-0.25, -0.2) is 4.98 Å². The van der Waals surface area contributed by atoms with Gasteiger partial charge in [-0.1, -0.05) is 19.9 Å². The molecule has 1 amide bonds. The maximum atomic E-state index is 12.5. The summed E-state index contributed by atoms with van der Waals surface area (Å²) in [6.07, 6.45) is 1.13. The zero-order chi connectivity index (χ0) is 18.8. The number of aromatic nitrogens is 2. The number of aromatic amines is 1. The Morgan fingerprint density at radius 3 is 2.73 bits per heavy atom. The van der Waals surface area contributed by atoms with Crippen LogP contribution in [0.2, 0.25) is 0 Å². The Balaban J connectivity index is 1.89. The molecule has 0 spiro atoms. The van der Waals surface area contributed by atoms with E-state index >= 15 is 0 Å². The van der Waals surface area contributed by atoms with E-state index in [1.54, 1.807) is 0 Å². The van der Waals surface area contributed by atoms with Gasteiger partial charge in [0, 0.05) is 6.07 Å². The Bertz CT molecular complexity index is 1000. The highest BCUT2D eigenvalue weighted by Gasteiger charge is 2.24. The fourth-order valence-electron chi connectivity index (χ4n) is 2.72. The standard InChI is InChI=1S/C19H21N3O4/c1-10(2)17(18-20-12-6-5-11(3)7-13(12)21-18)22-19(24)15-8-14(23)16(25-4)9-26-15/h5-10,17H,1-4H3,(H,20,21)(H,22,24)/t17-/m1/s1. The molecule has 0 fully saturated rings. The molecule has 0 unspecified atom stereocenters. The second kappa shape index (κ2) is 7.03. The van der Waals surface area contributed by atoms with Gasteiger partial charge < -0.3 is 19.5 Å². The van der Waals surface area contributed by atoms with Gasteiger partial charge in [0.1, 0.15) is 12.1 Å². The highest BCUT2D eigenvalue weighted by atomic mass is 16.5. The molecule has 3 rings (SSSR count). The first-order valence-corrected chi connectivity index (χ1v) is 8.33. The number of H-pyrrole nitrogens is 1. The summed E-state index contributed by atoms with van der Waals surface area (Å²) in [5, 5.41) is 2.88. The summed E-state index contributed by atoms with van der Waals surface area (Å²) >= 11 is 0. The number of carbonyl (C=O) groups is 1. The lowest BCUT2D eigenvalue weighted by atomic mass is 10.0. The van der Waals surface area contributed by atoms with Crippen molar-refractivity contribution in [3.8, 4) is 5.75 Å². The van der Waals surface area contributed by atoms with Crippen LogP contribution in [0.5, 0.6) is 5.75 Å². The molecular weight excluding hydrogens is 334 g/mol. The molecule has 26 heavy (non-hydrogen) atoms. The van der Waals surface area contributed by atoms with Crippen LogP contribution < -0.4 is 15.5 Å². The van der Waals surface area contributed by atoms with Crippen molar-refractivity contribution < 1.29 is 13.9 Å². The predicted octanol–water partition coefficient (Wildman–Crippen LogP) is 2.96. The third kappa shape index (κ3) is 3.46. The molecule has 1 aromatic carbocycles. The number of benzene rings is 1. The number of rotatable bonds is 5. The summed E-state index contributed by atoms with van der Waals surface area (Å²) in [4.78, 5) is 32.2. The summed E-state index contributed by atoms with van der Waals surface area (Å²) in [7, 11) is 1.37. The van der Waals surface area contributed by atoms with Gasteiger partial charge in [-0.15, -0.1) is 0 Å². The largest absolute Gasteiger partial charge is 0.490 e. The van der Waals surface area contributed by atoms with Crippen molar-refractivity contribution in [2.24, 2.45) is 5.92 Å². The average molecular weight is 355 g/mol. The molecule has 0 aliphatic heterocycles. The van der Waals surface area contributed by atoms with E-state index in [1.165, 1.54) is 7.11 Å². The quantitative estimate of drug-likeness (QED) is 0.733. The van der Waals surface area contributed by atoms with Crippen molar-refractivity contribution in [1.82, 2.24) is 15.3 Å². The molecule has 0 saturated carbocycles. The van der Waals surface area contributed by atoms with Crippen molar-refractivity contribution in [2.45, 2.75) is 26.8 Å². The third-order valence-corrected chi connectivity index (χ3v) is 4.15. The minimum Gasteiger partial charge on any atom is -0.490 e. The highest BCUT2D eigenvalue weighted by Crippen LogP contribution is 2.23. The van der Waals surface area contributed by atoms with Crippen molar-refractivity contribution in [1.29, 1.82) is 0 Å². The van der Waals surface area contributed by atoms with E-state index in [-0.39, 0.29) is 23.5 Å². The Morgan fingerprint density at radius 1 is 1.31 bits per heavy atom. The molecule has 0 bridgehead atoms. The molecular formula is C19H21N3O4. The third-order valence-electron chi connectivity index (χ3n) is 4.15. The summed E-state index contributed by atoms with van der Waals surface area (Å²) in [5.74, 6) is 0.221. The first-order valence-electron chi connectivity index (χ1n) is 8.33. The van der Waals surface area contributed by atoms with Crippen LogP contribution in [-0.4, -0.2) is 23.0 Å². The fourth-order valence-corrected chi connectivity index (χ4v) is 2.72. The van der Waals surface area contributed by atoms with Gasteiger partial charge in [-0.3, -0.25) is 9.59 Å². The Labute approximate surface area is 150 Å². The number of hydrogen-bond donors (Lipinski definition) is 2. The summed E-state index contributed by atoms with van der Waals surface area (Å²) in [5.41, 5.74) is 2.46. The van der Waals surface area contributed by atoms with E-state index in [0.29, 0.717) is 5.82 Å². The van der Waals surface area contributed by atoms with Crippen LogP contribution in [0.1, 0.15) is 41.8 Å². The van der Waals surface area contributed by atoms with Gasteiger partial charge in [0.05, 0.1) is 24.2 Å². The number of amides is 1. The summed E-state index contributed by atoms with van der Waals surface area (Å²) in [6.45, 7) is 5.97. The Kier molecular flexibility index (Phi) is 4.79. The SMILES string of the molecule is COc1coc(C(=O)N[C@@H](c2nc3ccc(C)cc3[nH]2)C(C)C)cc1=O.